The fourth-order valence-electron chi connectivity index (χ4n) is 3.18. The molecule has 2 N–H and O–H groups in total. The Morgan fingerprint density at radius 2 is 1.79 bits per heavy atom. The van der Waals surface area contributed by atoms with Crippen LogP contribution in [-0.4, -0.2) is 23.1 Å². The lowest BCUT2D eigenvalue weighted by Crippen LogP contribution is -2.40. The van der Waals surface area contributed by atoms with E-state index in [1.807, 2.05) is 27.7 Å². The Labute approximate surface area is 169 Å². The number of halogens is 1. The quantitative estimate of drug-likeness (QED) is 0.754. The van der Waals surface area contributed by atoms with Gasteiger partial charge in [0.25, 0.3) is 11.8 Å². The first-order chi connectivity index (χ1) is 13.2. The molecule has 28 heavy (non-hydrogen) atoms. The molecule has 0 fully saturated rings. The minimum Gasteiger partial charge on any atom is -0.455 e. The van der Waals surface area contributed by atoms with E-state index in [1.54, 1.807) is 24.3 Å². The Balaban J connectivity index is 1.84. The smallest absolute Gasteiger partial charge is 0.287 e. The number of hydrogen-bond donors (Lipinski definition) is 2. The van der Waals surface area contributed by atoms with Crippen LogP contribution in [0.15, 0.2) is 33.8 Å². The highest BCUT2D eigenvalue weighted by Gasteiger charge is 2.29. The van der Waals surface area contributed by atoms with Crippen molar-refractivity contribution in [1.29, 1.82) is 0 Å². The molecule has 7 heteroatoms. The van der Waals surface area contributed by atoms with Crippen LogP contribution in [0.3, 0.4) is 0 Å². The first-order valence-corrected chi connectivity index (χ1v) is 9.61. The molecule has 1 aromatic carbocycles. The zero-order valence-corrected chi connectivity index (χ0v) is 17.2. The minimum absolute atomic E-state index is 0.246. The molecule has 2 aromatic rings. The molecule has 2 amide bonds. The van der Waals surface area contributed by atoms with Gasteiger partial charge in [0.05, 0.1) is 5.71 Å². The van der Waals surface area contributed by atoms with Gasteiger partial charge in [-0.25, -0.2) is 5.43 Å². The van der Waals surface area contributed by atoms with Crippen molar-refractivity contribution in [2.24, 2.45) is 5.10 Å². The third kappa shape index (κ3) is 4.44. The third-order valence-electron chi connectivity index (χ3n) is 4.42. The normalized spacial score (nSPS) is 15.2. The molecule has 1 heterocycles. The number of benzene rings is 1. The van der Waals surface area contributed by atoms with Crippen LogP contribution >= 0.6 is 11.6 Å². The standard InChI is InChI=1S/C21H24ClN3O3/c1-12-17-15(24-25-19(26)13-8-10-14(22)11-9-13)6-5-7-16(17)28-18(12)20(27)23-21(2,3)4/h8-11H,5-7H2,1-4H3,(H,23,27)(H,25,26)/b24-15+. The molecule has 0 atom stereocenters. The van der Waals surface area contributed by atoms with Crippen LogP contribution in [0.5, 0.6) is 0 Å². The lowest BCUT2D eigenvalue weighted by atomic mass is 9.93. The summed E-state index contributed by atoms with van der Waals surface area (Å²) in [5.74, 6) is 0.480. The van der Waals surface area contributed by atoms with E-state index in [-0.39, 0.29) is 17.4 Å². The van der Waals surface area contributed by atoms with Crippen LogP contribution in [0.2, 0.25) is 5.02 Å². The maximum atomic E-state index is 12.6. The van der Waals surface area contributed by atoms with Crippen LogP contribution in [0.1, 0.15) is 71.4 Å². The second-order valence-corrected chi connectivity index (χ2v) is 8.35. The number of amides is 2. The number of carbonyl (C=O) groups is 2. The topological polar surface area (TPSA) is 83.7 Å². The van der Waals surface area contributed by atoms with Crippen molar-refractivity contribution in [3.8, 4) is 0 Å². The van der Waals surface area contributed by atoms with Gasteiger partial charge in [-0.05, 0) is 64.8 Å². The highest BCUT2D eigenvalue weighted by atomic mass is 35.5. The van der Waals surface area contributed by atoms with Crippen molar-refractivity contribution < 1.29 is 14.0 Å². The van der Waals surface area contributed by atoms with Crippen LogP contribution in [-0.2, 0) is 6.42 Å². The van der Waals surface area contributed by atoms with Crippen LogP contribution < -0.4 is 10.7 Å². The lowest BCUT2D eigenvalue weighted by Gasteiger charge is -2.19. The number of carbonyl (C=O) groups excluding carboxylic acids is 2. The zero-order valence-electron chi connectivity index (χ0n) is 16.5. The summed E-state index contributed by atoms with van der Waals surface area (Å²) in [5.41, 5.74) is 5.00. The molecule has 1 aliphatic carbocycles. The van der Waals surface area contributed by atoms with Crippen molar-refractivity contribution in [1.82, 2.24) is 10.7 Å². The van der Waals surface area contributed by atoms with Gasteiger partial charge in [0, 0.05) is 33.7 Å². The molecule has 0 saturated heterocycles. The van der Waals surface area contributed by atoms with Crippen molar-refractivity contribution in [2.45, 2.75) is 52.5 Å². The Morgan fingerprint density at radius 1 is 1.11 bits per heavy atom. The predicted molar refractivity (Wildman–Crippen MR) is 109 cm³/mol. The minimum atomic E-state index is -0.361. The second-order valence-electron chi connectivity index (χ2n) is 7.92. The fourth-order valence-corrected chi connectivity index (χ4v) is 3.30. The number of fused-ring (bicyclic) bond motifs is 1. The summed E-state index contributed by atoms with van der Waals surface area (Å²) in [5, 5.41) is 7.81. The molecular weight excluding hydrogens is 378 g/mol. The molecule has 6 nitrogen and oxygen atoms in total. The fraction of sp³-hybridized carbons (Fsp3) is 0.381. The van der Waals surface area contributed by atoms with Gasteiger partial charge >= 0.3 is 0 Å². The summed E-state index contributed by atoms with van der Waals surface area (Å²) >= 11 is 5.85. The van der Waals surface area contributed by atoms with Gasteiger partial charge in [-0.3, -0.25) is 9.59 Å². The van der Waals surface area contributed by atoms with E-state index in [9.17, 15) is 9.59 Å². The number of nitrogens with zero attached hydrogens (tertiary/aromatic N) is 1. The summed E-state index contributed by atoms with van der Waals surface area (Å²) in [6, 6.07) is 6.59. The second kappa shape index (κ2) is 7.80. The highest BCUT2D eigenvalue weighted by Crippen LogP contribution is 2.30. The average Bonchev–Trinajstić information content (AvgIpc) is 2.96. The SMILES string of the molecule is Cc1c(C(=O)NC(C)(C)C)oc2c1/C(=N/NC(=O)c1ccc(Cl)cc1)CCC2. The molecule has 3 rings (SSSR count). The van der Waals surface area contributed by atoms with Gasteiger partial charge in [0.1, 0.15) is 5.76 Å². The van der Waals surface area contributed by atoms with E-state index in [0.29, 0.717) is 22.8 Å². The number of furan rings is 1. The van der Waals surface area contributed by atoms with Gasteiger partial charge in [-0.1, -0.05) is 11.6 Å². The summed E-state index contributed by atoms with van der Waals surface area (Å²) < 4.78 is 5.86. The van der Waals surface area contributed by atoms with E-state index < -0.39 is 0 Å². The van der Waals surface area contributed by atoms with Crippen LogP contribution in [0.4, 0.5) is 0 Å². The first-order valence-electron chi connectivity index (χ1n) is 9.23. The highest BCUT2D eigenvalue weighted by molar-refractivity contribution is 6.30. The molecule has 0 unspecified atom stereocenters. The van der Waals surface area contributed by atoms with E-state index in [2.05, 4.69) is 15.8 Å². The molecule has 0 aliphatic heterocycles. The van der Waals surface area contributed by atoms with Crippen LogP contribution in [0.25, 0.3) is 0 Å². The van der Waals surface area contributed by atoms with E-state index >= 15 is 0 Å². The van der Waals surface area contributed by atoms with Gasteiger partial charge in [0.2, 0.25) is 0 Å². The molecular formula is C21H24ClN3O3. The Hall–Kier alpha value is -2.60. The number of hydrogen-bond acceptors (Lipinski definition) is 4. The van der Waals surface area contributed by atoms with E-state index in [1.165, 1.54) is 0 Å². The molecule has 1 aromatic heterocycles. The third-order valence-corrected chi connectivity index (χ3v) is 4.67. The van der Waals surface area contributed by atoms with E-state index in [0.717, 1.165) is 35.4 Å². The number of rotatable bonds is 3. The van der Waals surface area contributed by atoms with Crippen LogP contribution in [0, 0.1) is 6.92 Å². The summed E-state index contributed by atoms with van der Waals surface area (Å²) in [6.45, 7) is 7.61. The average molecular weight is 402 g/mol. The molecule has 0 saturated carbocycles. The summed E-state index contributed by atoms with van der Waals surface area (Å²) in [6.07, 6.45) is 2.29. The largest absolute Gasteiger partial charge is 0.455 e. The van der Waals surface area contributed by atoms with Gasteiger partial charge < -0.3 is 9.73 Å². The zero-order chi connectivity index (χ0) is 20.5. The van der Waals surface area contributed by atoms with Crippen molar-refractivity contribution in [3.05, 3.63) is 57.5 Å². The lowest BCUT2D eigenvalue weighted by molar-refractivity contribution is 0.0887. The Bertz CT molecular complexity index is 937. The number of aryl methyl sites for hydroxylation is 1. The van der Waals surface area contributed by atoms with Gasteiger partial charge in [-0.15, -0.1) is 0 Å². The number of hydrazone groups is 1. The molecule has 0 radical (unpaired) electrons. The summed E-state index contributed by atoms with van der Waals surface area (Å²) in [4.78, 5) is 24.9. The summed E-state index contributed by atoms with van der Waals surface area (Å²) in [7, 11) is 0. The van der Waals surface area contributed by atoms with Gasteiger partial charge in [0.15, 0.2) is 5.76 Å². The molecule has 148 valence electrons. The van der Waals surface area contributed by atoms with Crippen molar-refractivity contribution in [3.63, 3.8) is 0 Å². The van der Waals surface area contributed by atoms with Crippen molar-refractivity contribution in [2.75, 3.05) is 0 Å². The van der Waals surface area contributed by atoms with E-state index in [4.69, 9.17) is 16.0 Å². The Morgan fingerprint density at radius 3 is 2.43 bits per heavy atom. The Kier molecular flexibility index (Phi) is 5.61. The first kappa shape index (κ1) is 20.1. The maximum absolute atomic E-state index is 12.6. The molecule has 0 bridgehead atoms. The molecule has 1 aliphatic rings. The van der Waals surface area contributed by atoms with Crippen molar-refractivity contribution >= 4 is 29.1 Å². The maximum Gasteiger partial charge on any atom is 0.287 e. The number of nitrogens with one attached hydrogen (secondary N) is 2. The predicted octanol–water partition coefficient (Wildman–Crippen LogP) is 4.24. The monoisotopic (exact) mass is 401 g/mol. The molecule has 0 spiro atoms. The van der Waals surface area contributed by atoms with Gasteiger partial charge in [-0.2, -0.15) is 5.10 Å².